The molecule has 0 aliphatic rings. The van der Waals surface area contributed by atoms with Gasteiger partial charge in [0.2, 0.25) is 0 Å². The molecule has 2 nitrogen and oxygen atoms in total. The molecule has 90 valence electrons. The molecule has 1 aromatic carbocycles. The van der Waals surface area contributed by atoms with Gasteiger partial charge in [-0.3, -0.25) is 0 Å². The summed E-state index contributed by atoms with van der Waals surface area (Å²) >= 11 is 11.9. The Bertz CT molecular complexity index is 329. The van der Waals surface area contributed by atoms with Gasteiger partial charge in [0, 0.05) is 10.0 Å². The van der Waals surface area contributed by atoms with E-state index < -0.39 is 0 Å². The molecule has 0 aromatic heterocycles. The molecule has 0 saturated heterocycles. The molecule has 0 radical (unpaired) electrons. The monoisotopic (exact) mass is 262 g/mol. The normalized spacial score (nSPS) is 12.8. The molecular formula is C12H16Cl2O2. The quantitative estimate of drug-likeness (QED) is 0.844. The maximum absolute atomic E-state index is 8.76. The highest BCUT2D eigenvalue weighted by Gasteiger charge is 2.14. The van der Waals surface area contributed by atoms with E-state index in [0.29, 0.717) is 16.7 Å². The standard InChI is InChI=1S/C12H16Cl2O2/c1-2-3-12(16-7-6-15)10-5-4-9(13)8-11(10)14/h4-5,8,12,15H,2-3,6-7H2,1H3. The van der Waals surface area contributed by atoms with Gasteiger partial charge in [-0.15, -0.1) is 0 Å². The molecule has 1 N–H and O–H groups in total. The first kappa shape index (κ1) is 13.8. The van der Waals surface area contributed by atoms with Crippen molar-refractivity contribution >= 4 is 23.2 Å². The third kappa shape index (κ3) is 3.95. The Morgan fingerprint density at radius 2 is 2.12 bits per heavy atom. The summed E-state index contributed by atoms with van der Waals surface area (Å²) < 4.78 is 5.56. The highest BCUT2D eigenvalue weighted by atomic mass is 35.5. The lowest BCUT2D eigenvalue weighted by Crippen LogP contribution is -2.08. The summed E-state index contributed by atoms with van der Waals surface area (Å²) in [4.78, 5) is 0. The molecule has 4 heteroatoms. The van der Waals surface area contributed by atoms with Crippen LogP contribution in [0.25, 0.3) is 0 Å². The van der Waals surface area contributed by atoms with Crippen molar-refractivity contribution in [2.75, 3.05) is 13.2 Å². The van der Waals surface area contributed by atoms with Crippen LogP contribution in [0, 0.1) is 0 Å². The first-order chi connectivity index (χ1) is 7.69. The topological polar surface area (TPSA) is 29.5 Å². The van der Waals surface area contributed by atoms with Gasteiger partial charge in [0.05, 0.1) is 19.3 Å². The Hall–Kier alpha value is -0.280. The van der Waals surface area contributed by atoms with Crippen molar-refractivity contribution in [3.8, 4) is 0 Å². The molecule has 16 heavy (non-hydrogen) atoms. The van der Waals surface area contributed by atoms with Crippen LogP contribution in [0.2, 0.25) is 10.0 Å². The minimum atomic E-state index is -0.0677. The van der Waals surface area contributed by atoms with Gasteiger partial charge in [-0.1, -0.05) is 42.6 Å². The minimum Gasteiger partial charge on any atom is -0.394 e. The molecule has 0 bridgehead atoms. The van der Waals surface area contributed by atoms with Crippen molar-refractivity contribution in [1.29, 1.82) is 0 Å². The van der Waals surface area contributed by atoms with E-state index in [1.54, 1.807) is 12.1 Å². The fourth-order valence-corrected chi connectivity index (χ4v) is 2.08. The lowest BCUT2D eigenvalue weighted by molar-refractivity contribution is 0.0227. The summed E-state index contributed by atoms with van der Waals surface area (Å²) in [6, 6.07) is 5.39. The fourth-order valence-electron chi connectivity index (χ4n) is 1.55. The second-order valence-electron chi connectivity index (χ2n) is 3.54. The summed E-state index contributed by atoms with van der Waals surface area (Å²) in [5.74, 6) is 0. The molecule has 1 aromatic rings. The Labute approximate surface area is 106 Å². The van der Waals surface area contributed by atoms with Crippen molar-refractivity contribution in [1.82, 2.24) is 0 Å². The van der Waals surface area contributed by atoms with Crippen molar-refractivity contribution < 1.29 is 9.84 Å². The number of aliphatic hydroxyl groups is 1. The van der Waals surface area contributed by atoms with E-state index in [-0.39, 0.29) is 12.7 Å². The van der Waals surface area contributed by atoms with Crippen molar-refractivity contribution in [3.05, 3.63) is 33.8 Å². The van der Waals surface area contributed by atoms with Crippen molar-refractivity contribution in [2.24, 2.45) is 0 Å². The smallest absolute Gasteiger partial charge is 0.0840 e. The van der Waals surface area contributed by atoms with Crippen LogP contribution < -0.4 is 0 Å². The second-order valence-corrected chi connectivity index (χ2v) is 4.38. The number of benzene rings is 1. The molecule has 0 saturated carbocycles. The number of ether oxygens (including phenoxy) is 1. The Balaban J connectivity index is 2.82. The molecule has 0 heterocycles. The Morgan fingerprint density at radius 1 is 1.38 bits per heavy atom. The van der Waals surface area contributed by atoms with E-state index in [9.17, 15) is 0 Å². The molecule has 0 aliphatic carbocycles. The van der Waals surface area contributed by atoms with Crippen LogP contribution in [0.1, 0.15) is 31.4 Å². The number of hydrogen-bond donors (Lipinski definition) is 1. The van der Waals surface area contributed by atoms with Gasteiger partial charge >= 0.3 is 0 Å². The zero-order valence-electron chi connectivity index (χ0n) is 9.25. The van der Waals surface area contributed by atoms with Gasteiger partial charge in [0.25, 0.3) is 0 Å². The van der Waals surface area contributed by atoms with Gasteiger partial charge in [-0.2, -0.15) is 0 Å². The average molecular weight is 263 g/mol. The van der Waals surface area contributed by atoms with E-state index in [2.05, 4.69) is 6.92 Å². The predicted octanol–water partition coefficient (Wildman–Crippen LogP) is 3.84. The summed E-state index contributed by atoms with van der Waals surface area (Å²) in [6.07, 6.45) is 1.80. The average Bonchev–Trinajstić information content (AvgIpc) is 2.25. The van der Waals surface area contributed by atoms with Crippen LogP contribution in [0.15, 0.2) is 18.2 Å². The summed E-state index contributed by atoms with van der Waals surface area (Å²) in [5, 5.41) is 10.00. The molecule has 0 fully saturated rings. The van der Waals surface area contributed by atoms with E-state index >= 15 is 0 Å². The van der Waals surface area contributed by atoms with Crippen LogP contribution in [0.4, 0.5) is 0 Å². The van der Waals surface area contributed by atoms with E-state index in [0.717, 1.165) is 18.4 Å². The third-order valence-electron chi connectivity index (χ3n) is 2.27. The lowest BCUT2D eigenvalue weighted by atomic mass is 10.1. The molecule has 0 aliphatic heterocycles. The molecule has 1 atom stereocenters. The molecule has 0 amide bonds. The van der Waals surface area contributed by atoms with Gasteiger partial charge in [0.1, 0.15) is 0 Å². The second kappa shape index (κ2) is 7.13. The fraction of sp³-hybridized carbons (Fsp3) is 0.500. The minimum absolute atomic E-state index is 0.0193. The summed E-state index contributed by atoms with van der Waals surface area (Å²) in [6.45, 7) is 2.42. The molecule has 1 rings (SSSR count). The maximum Gasteiger partial charge on any atom is 0.0840 e. The maximum atomic E-state index is 8.76. The van der Waals surface area contributed by atoms with Gasteiger partial charge in [0.15, 0.2) is 0 Å². The number of halogens is 2. The largest absolute Gasteiger partial charge is 0.394 e. The highest BCUT2D eigenvalue weighted by molar-refractivity contribution is 6.35. The van der Waals surface area contributed by atoms with Crippen LogP contribution in [-0.4, -0.2) is 18.3 Å². The van der Waals surface area contributed by atoms with E-state index in [1.807, 2.05) is 6.07 Å². The van der Waals surface area contributed by atoms with Gasteiger partial charge in [-0.25, -0.2) is 0 Å². The van der Waals surface area contributed by atoms with Crippen molar-refractivity contribution in [2.45, 2.75) is 25.9 Å². The first-order valence-electron chi connectivity index (χ1n) is 5.36. The lowest BCUT2D eigenvalue weighted by Gasteiger charge is -2.18. The van der Waals surface area contributed by atoms with E-state index in [1.165, 1.54) is 0 Å². The van der Waals surface area contributed by atoms with Crippen LogP contribution >= 0.6 is 23.2 Å². The molecule has 0 spiro atoms. The predicted molar refractivity (Wildman–Crippen MR) is 67.1 cm³/mol. The summed E-state index contributed by atoms with van der Waals surface area (Å²) in [5.41, 5.74) is 0.932. The number of hydrogen-bond acceptors (Lipinski definition) is 2. The zero-order valence-corrected chi connectivity index (χ0v) is 10.8. The Morgan fingerprint density at radius 3 is 2.69 bits per heavy atom. The first-order valence-corrected chi connectivity index (χ1v) is 6.12. The van der Waals surface area contributed by atoms with E-state index in [4.69, 9.17) is 33.0 Å². The van der Waals surface area contributed by atoms with Crippen LogP contribution in [0.5, 0.6) is 0 Å². The van der Waals surface area contributed by atoms with Gasteiger partial charge < -0.3 is 9.84 Å². The third-order valence-corrected chi connectivity index (χ3v) is 2.83. The number of rotatable bonds is 6. The van der Waals surface area contributed by atoms with Crippen LogP contribution in [0.3, 0.4) is 0 Å². The van der Waals surface area contributed by atoms with Crippen LogP contribution in [-0.2, 0) is 4.74 Å². The SMILES string of the molecule is CCCC(OCCO)c1ccc(Cl)cc1Cl. The molecule has 1 unspecified atom stereocenters. The zero-order chi connectivity index (χ0) is 12.0. The summed E-state index contributed by atoms with van der Waals surface area (Å²) in [7, 11) is 0. The number of aliphatic hydroxyl groups excluding tert-OH is 1. The molecular weight excluding hydrogens is 247 g/mol. The van der Waals surface area contributed by atoms with Gasteiger partial charge in [-0.05, 0) is 24.1 Å². The Kier molecular flexibility index (Phi) is 6.14. The highest BCUT2D eigenvalue weighted by Crippen LogP contribution is 2.31. The van der Waals surface area contributed by atoms with Crippen molar-refractivity contribution in [3.63, 3.8) is 0 Å².